The number of nitrogens with zero attached hydrogens (tertiary/aromatic N) is 2. The lowest BCUT2D eigenvalue weighted by Crippen LogP contribution is -2.33. The summed E-state index contributed by atoms with van der Waals surface area (Å²) in [7, 11) is 0. The molecule has 9 nitrogen and oxygen atoms in total. The number of fused-ring (bicyclic) bond motifs is 1. The number of aliphatic hydroxyl groups is 3. The highest BCUT2D eigenvalue weighted by molar-refractivity contribution is 5.77. The molecule has 0 spiro atoms. The number of nitrogen functional groups attached to an aromatic ring is 1. The van der Waals surface area contributed by atoms with Crippen molar-refractivity contribution in [1.82, 2.24) is 14.5 Å². The zero-order chi connectivity index (χ0) is 15.3. The second-order valence-corrected chi connectivity index (χ2v) is 4.76. The van der Waals surface area contributed by atoms with Crippen LogP contribution in [0.3, 0.4) is 0 Å². The summed E-state index contributed by atoms with van der Waals surface area (Å²) in [6.45, 7) is -0.521. The molecule has 4 atom stereocenters. The van der Waals surface area contributed by atoms with Crippen LogP contribution in [-0.4, -0.2) is 54.8 Å². The van der Waals surface area contributed by atoms with Gasteiger partial charge in [0.2, 0.25) is 0 Å². The lowest BCUT2D eigenvalue weighted by atomic mass is 10.1. The molecule has 1 aliphatic heterocycles. The van der Waals surface area contributed by atoms with Crippen LogP contribution in [0.2, 0.25) is 0 Å². The molecule has 21 heavy (non-hydrogen) atoms. The fourth-order valence-corrected chi connectivity index (χ4v) is 2.41. The van der Waals surface area contributed by atoms with Crippen LogP contribution in [0.5, 0.6) is 0 Å². The van der Waals surface area contributed by atoms with Crippen molar-refractivity contribution in [3.63, 3.8) is 0 Å². The predicted molar refractivity (Wildman–Crippen MR) is 67.7 cm³/mol. The van der Waals surface area contributed by atoms with Crippen molar-refractivity contribution in [2.24, 2.45) is 0 Å². The van der Waals surface area contributed by atoms with Crippen molar-refractivity contribution in [1.29, 1.82) is 0 Å². The summed E-state index contributed by atoms with van der Waals surface area (Å²) >= 11 is 0. The third kappa shape index (κ3) is 1.92. The molecule has 1 fully saturated rings. The monoisotopic (exact) mass is 300 g/mol. The maximum absolute atomic E-state index is 14.1. The van der Waals surface area contributed by atoms with Crippen LogP contribution < -0.4 is 11.3 Å². The fraction of sp³-hybridized carbons (Fsp3) is 0.455. The van der Waals surface area contributed by atoms with Gasteiger partial charge in [0, 0.05) is 0 Å². The molecule has 0 bridgehead atoms. The summed E-state index contributed by atoms with van der Waals surface area (Å²) in [5.74, 6) is -1.39. The number of hydrogen-bond donors (Lipinski definition) is 5. The zero-order valence-corrected chi connectivity index (χ0v) is 10.6. The summed E-state index contributed by atoms with van der Waals surface area (Å²) in [6.07, 6.45) is -3.88. The van der Waals surface area contributed by atoms with E-state index < -0.39 is 48.3 Å². The van der Waals surface area contributed by atoms with Gasteiger partial charge in [0.1, 0.15) is 29.6 Å². The molecule has 0 aromatic carbocycles. The Morgan fingerprint density at radius 3 is 2.81 bits per heavy atom. The molecule has 2 aromatic heterocycles. The summed E-state index contributed by atoms with van der Waals surface area (Å²) < 4.78 is 20.5. The molecular formula is C11H13FN4O5. The lowest BCUT2D eigenvalue weighted by Gasteiger charge is -2.17. The number of anilines is 1. The van der Waals surface area contributed by atoms with Crippen LogP contribution in [0.25, 0.3) is 11.0 Å². The highest BCUT2D eigenvalue weighted by Crippen LogP contribution is 2.32. The SMILES string of the molecule is Nc1[nH]c(=O)c2ncn([C@@H]3O[C@H](CO)[C@@H](O)[C@H]3O)c2c1F. The van der Waals surface area contributed by atoms with Gasteiger partial charge in [-0.2, -0.15) is 0 Å². The highest BCUT2D eigenvalue weighted by atomic mass is 19.1. The Bertz CT molecular complexity index is 744. The number of aromatic amines is 1. The van der Waals surface area contributed by atoms with E-state index in [2.05, 4.69) is 9.97 Å². The van der Waals surface area contributed by atoms with Gasteiger partial charge < -0.3 is 30.8 Å². The van der Waals surface area contributed by atoms with Crippen molar-refractivity contribution in [2.45, 2.75) is 24.5 Å². The number of aliphatic hydroxyl groups excluding tert-OH is 3. The first kappa shape index (κ1) is 13.9. The molecule has 1 aliphatic rings. The Balaban J connectivity index is 2.16. The number of H-pyrrole nitrogens is 1. The zero-order valence-electron chi connectivity index (χ0n) is 10.6. The Labute approximate surface area is 116 Å². The van der Waals surface area contributed by atoms with Gasteiger partial charge in [-0.3, -0.25) is 9.36 Å². The fourth-order valence-electron chi connectivity index (χ4n) is 2.41. The van der Waals surface area contributed by atoms with E-state index in [1.54, 1.807) is 0 Å². The van der Waals surface area contributed by atoms with Gasteiger partial charge in [-0.1, -0.05) is 0 Å². The number of ether oxygens (including phenoxy) is 1. The van der Waals surface area contributed by atoms with E-state index in [1.165, 1.54) is 0 Å². The first-order chi connectivity index (χ1) is 9.95. The van der Waals surface area contributed by atoms with Gasteiger partial charge in [0.05, 0.1) is 12.9 Å². The van der Waals surface area contributed by atoms with E-state index >= 15 is 0 Å². The summed E-state index contributed by atoms with van der Waals surface area (Å²) in [5, 5.41) is 28.7. The number of nitrogens with one attached hydrogen (secondary N) is 1. The molecule has 0 aliphatic carbocycles. The van der Waals surface area contributed by atoms with Crippen molar-refractivity contribution in [2.75, 3.05) is 12.3 Å². The van der Waals surface area contributed by atoms with Gasteiger partial charge in [0.15, 0.2) is 17.6 Å². The molecule has 2 aromatic rings. The van der Waals surface area contributed by atoms with Crippen LogP contribution in [0.15, 0.2) is 11.1 Å². The van der Waals surface area contributed by atoms with E-state index in [0.29, 0.717) is 0 Å². The molecule has 10 heteroatoms. The van der Waals surface area contributed by atoms with Gasteiger partial charge in [-0.05, 0) is 0 Å². The second kappa shape index (κ2) is 4.77. The number of rotatable bonds is 2. The number of halogens is 1. The maximum atomic E-state index is 14.1. The first-order valence-corrected chi connectivity index (χ1v) is 6.12. The molecule has 3 heterocycles. The Kier molecular flexibility index (Phi) is 3.17. The van der Waals surface area contributed by atoms with E-state index in [4.69, 9.17) is 15.6 Å². The average molecular weight is 300 g/mol. The molecule has 0 amide bonds. The van der Waals surface area contributed by atoms with Gasteiger partial charge >= 0.3 is 0 Å². The quantitative estimate of drug-likeness (QED) is 0.433. The van der Waals surface area contributed by atoms with Gasteiger partial charge in [0.25, 0.3) is 5.56 Å². The van der Waals surface area contributed by atoms with E-state index in [1.807, 2.05) is 0 Å². The molecule has 3 rings (SSSR count). The Morgan fingerprint density at radius 2 is 2.19 bits per heavy atom. The minimum atomic E-state index is -1.42. The van der Waals surface area contributed by atoms with E-state index in [-0.39, 0.29) is 11.0 Å². The first-order valence-electron chi connectivity index (χ1n) is 6.12. The smallest absolute Gasteiger partial charge is 0.277 e. The van der Waals surface area contributed by atoms with Crippen molar-refractivity contribution >= 4 is 16.9 Å². The Morgan fingerprint density at radius 1 is 1.48 bits per heavy atom. The molecular weight excluding hydrogens is 287 g/mol. The molecule has 114 valence electrons. The van der Waals surface area contributed by atoms with Crippen LogP contribution in [0.4, 0.5) is 10.2 Å². The molecule has 1 saturated heterocycles. The van der Waals surface area contributed by atoms with Crippen molar-refractivity contribution in [3.8, 4) is 0 Å². The Hall–Kier alpha value is -2.01. The van der Waals surface area contributed by atoms with Gasteiger partial charge in [-0.15, -0.1) is 0 Å². The van der Waals surface area contributed by atoms with Crippen LogP contribution >= 0.6 is 0 Å². The topological polar surface area (TPSA) is 147 Å². The van der Waals surface area contributed by atoms with Crippen LogP contribution in [0.1, 0.15) is 6.23 Å². The third-order valence-corrected chi connectivity index (χ3v) is 3.49. The molecule has 0 saturated carbocycles. The molecule has 6 N–H and O–H groups in total. The van der Waals surface area contributed by atoms with E-state index in [0.717, 1.165) is 10.9 Å². The normalized spacial score (nSPS) is 29.3. The summed E-state index contributed by atoms with van der Waals surface area (Å²) in [5.41, 5.74) is 4.23. The highest BCUT2D eigenvalue weighted by Gasteiger charge is 2.44. The van der Waals surface area contributed by atoms with Crippen molar-refractivity contribution in [3.05, 3.63) is 22.5 Å². The van der Waals surface area contributed by atoms with E-state index in [9.17, 15) is 19.4 Å². The predicted octanol–water partition coefficient (Wildman–Crippen LogP) is -1.94. The number of nitrogens with two attached hydrogens (primary N) is 1. The second-order valence-electron chi connectivity index (χ2n) is 4.76. The summed E-state index contributed by atoms with van der Waals surface area (Å²) in [6, 6.07) is 0. The standard InChI is InChI=1S/C11H13FN4O5/c12-4-6-5(10(20)15-9(4)13)14-2-16(6)11-8(19)7(18)3(1-17)21-11/h2-3,7-8,11,17-19H,1H2,(H3,13,15,20)/t3-,7-,8-,11-/m1/s1. The number of pyridine rings is 1. The minimum absolute atomic E-state index is 0.209. The van der Waals surface area contributed by atoms with Crippen molar-refractivity contribution < 1.29 is 24.4 Å². The van der Waals surface area contributed by atoms with Crippen LogP contribution in [0, 0.1) is 5.82 Å². The maximum Gasteiger partial charge on any atom is 0.277 e. The summed E-state index contributed by atoms with van der Waals surface area (Å²) in [4.78, 5) is 17.5. The van der Waals surface area contributed by atoms with Gasteiger partial charge in [-0.25, -0.2) is 9.37 Å². The number of imidazole rings is 1. The average Bonchev–Trinajstić information content (AvgIpc) is 3.00. The molecule has 0 unspecified atom stereocenters. The number of hydrogen-bond acceptors (Lipinski definition) is 7. The lowest BCUT2D eigenvalue weighted by molar-refractivity contribution is -0.0510. The third-order valence-electron chi connectivity index (χ3n) is 3.49. The minimum Gasteiger partial charge on any atom is -0.394 e. The van der Waals surface area contributed by atoms with Crippen LogP contribution in [-0.2, 0) is 4.74 Å². The largest absolute Gasteiger partial charge is 0.394 e. The molecule has 0 radical (unpaired) electrons. The number of aromatic nitrogens is 3.